The number of nitrogens with two attached hydrogens (primary N) is 1. The molecule has 1 aromatic heterocycles. The van der Waals surface area contributed by atoms with E-state index in [-0.39, 0.29) is 12.5 Å². The topological polar surface area (TPSA) is 72.6 Å². The predicted molar refractivity (Wildman–Crippen MR) is 85.9 cm³/mol. The van der Waals surface area contributed by atoms with Crippen LogP contribution in [0.15, 0.2) is 41.8 Å². The van der Waals surface area contributed by atoms with Gasteiger partial charge in [0.15, 0.2) is 6.61 Å². The van der Waals surface area contributed by atoms with Gasteiger partial charge in [-0.15, -0.1) is 11.3 Å². The molecule has 0 aliphatic rings. The zero-order valence-corrected chi connectivity index (χ0v) is 13.1. The van der Waals surface area contributed by atoms with Crippen molar-refractivity contribution in [1.82, 2.24) is 4.90 Å². The molecule has 0 fully saturated rings. The summed E-state index contributed by atoms with van der Waals surface area (Å²) in [6.07, 6.45) is 0. The molecule has 0 unspecified atom stereocenters. The van der Waals surface area contributed by atoms with Crippen LogP contribution in [0.25, 0.3) is 0 Å². The van der Waals surface area contributed by atoms with Gasteiger partial charge in [-0.25, -0.2) is 0 Å². The fraction of sp³-hybridized carbons (Fsp3) is 0.250. The van der Waals surface area contributed by atoms with Gasteiger partial charge in [-0.1, -0.05) is 12.1 Å². The Morgan fingerprint density at radius 1 is 1.27 bits per heavy atom. The van der Waals surface area contributed by atoms with Gasteiger partial charge in [0.1, 0.15) is 5.75 Å². The van der Waals surface area contributed by atoms with Gasteiger partial charge in [0.05, 0.1) is 6.54 Å². The molecule has 2 aromatic rings. The van der Waals surface area contributed by atoms with Gasteiger partial charge in [-0.2, -0.15) is 0 Å². The van der Waals surface area contributed by atoms with E-state index in [9.17, 15) is 9.59 Å². The number of amides is 2. The predicted octanol–water partition coefficient (Wildman–Crippen LogP) is 2.27. The molecule has 2 rings (SSSR count). The molecule has 0 aliphatic heterocycles. The normalized spacial score (nSPS) is 10.2. The summed E-state index contributed by atoms with van der Waals surface area (Å²) < 4.78 is 5.23. The average Bonchev–Trinajstić information content (AvgIpc) is 3.03. The summed E-state index contributed by atoms with van der Waals surface area (Å²) in [4.78, 5) is 26.2. The van der Waals surface area contributed by atoms with Crippen molar-refractivity contribution in [2.75, 3.05) is 13.2 Å². The van der Waals surface area contributed by atoms with Gasteiger partial charge in [-0.05, 0) is 36.6 Å². The van der Waals surface area contributed by atoms with E-state index in [1.807, 2.05) is 24.4 Å². The second-order valence-corrected chi connectivity index (χ2v) is 5.71. The van der Waals surface area contributed by atoms with Crippen molar-refractivity contribution >= 4 is 23.2 Å². The maximum atomic E-state index is 12.6. The van der Waals surface area contributed by atoms with Gasteiger partial charge >= 0.3 is 0 Å². The van der Waals surface area contributed by atoms with Crippen molar-refractivity contribution < 1.29 is 14.3 Å². The first-order chi connectivity index (χ1) is 10.6. The maximum absolute atomic E-state index is 12.6. The summed E-state index contributed by atoms with van der Waals surface area (Å²) in [6, 6.07) is 10.8. The first-order valence-corrected chi connectivity index (χ1v) is 7.81. The van der Waals surface area contributed by atoms with Crippen LogP contribution in [0.2, 0.25) is 0 Å². The Balaban J connectivity index is 2.09. The molecule has 0 spiro atoms. The van der Waals surface area contributed by atoms with Gasteiger partial charge < -0.3 is 15.4 Å². The summed E-state index contributed by atoms with van der Waals surface area (Å²) >= 11 is 1.62. The lowest BCUT2D eigenvalue weighted by Gasteiger charge is -2.20. The molecule has 2 amide bonds. The van der Waals surface area contributed by atoms with Crippen molar-refractivity contribution in [2.45, 2.75) is 13.5 Å². The monoisotopic (exact) mass is 318 g/mol. The zero-order chi connectivity index (χ0) is 15.9. The van der Waals surface area contributed by atoms with Crippen molar-refractivity contribution in [3.63, 3.8) is 0 Å². The Hall–Kier alpha value is -2.34. The number of benzene rings is 1. The van der Waals surface area contributed by atoms with E-state index in [2.05, 4.69) is 0 Å². The highest BCUT2D eigenvalue weighted by atomic mass is 32.1. The Morgan fingerprint density at radius 2 is 2.09 bits per heavy atom. The summed E-state index contributed by atoms with van der Waals surface area (Å²) in [5.74, 6) is -0.165. The number of hydrogen-bond donors (Lipinski definition) is 1. The van der Waals surface area contributed by atoms with Crippen LogP contribution in [0.5, 0.6) is 5.75 Å². The summed E-state index contributed by atoms with van der Waals surface area (Å²) in [5.41, 5.74) is 5.57. The van der Waals surface area contributed by atoms with E-state index in [0.717, 1.165) is 4.88 Å². The number of rotatable bonds is 7. The van der Waals surface area contributed by atoms with Crippen LogP contribution in [0.3, 0.4) is 0 Å². The van der Waals surface area contributed by atoms with Crippen molar-refractivity contribution in [3.8, 4) is 5.75 Å². The van der Waals surface area contributed by atoms with E-state index >= 15 is 0 Å². The minimum absolute atomic E-state index is 0.0691. The molecule has 0 bridgehead atoms. The quantitative estimate of drug-likeness (QED) is 0.851. The molecule has 0 aliphatic carbocycles. The number of carbonyl (C=O) groups is 2. The number of thiophene rings is 1. The van der Waals surface area contributed by atoms with Gasteiger partial charge in [0, 0.05) is 17.0 Å². The zero-order valence-electron chi connectivity index (χ0n) is 12.3. The molecular weight excluding hydrogens is 300 g/mol. The van der Waals surface area contributed by atoms with Crippen LogP contribution in [-0.4, -0.2) is 29.9 Å². The molecule has 0 saturated heterocycles. The Labute approximate surface area is 133 Å². The van der Waals surface area contributed by atoms with E-state index < -0.39 is 5.91 Å². The maximum Gasteiger partial charge on any atom is 0.255 e. The third-order valence-corrected chi connectivity index (χ3v) is 3.92. The van der Waals surface area contributed by atoms with Crippen LogP contribution in [0, 0.1) is 0 Å². The highest BCUT2D eigenvalue weighted by molar-refractivity contribution is 7.09. The highest BCUT2D eigenvalue weighted by Crippen LogP contribution is 2.18. The number of ether oxygens (including phenoxy) is 1. The van der Waals surface area contributed by atoms with E-state index in [0.29, 0.717) is 24.4 Å². The summed E-state index contributed by atoms with van der Waals surface area (Å²) in [7, 11) is 0. The van der Waals surface area contributed by atoms with Crippen LogP contribution >= 0.6 is 11.3 Å². The molecule has 2 N–H and O–H groups in total. The number of hydrogen-bond acceptors (Lipinski definition) is 4. The van der Waals surface area contributed by atoms with Crippen LogP contribution in [-0.2, 0) is 11.3 Å². The van der Waals surface area contributed by atoms with Crippen LogP contribution < -0.4 is 10.5 Å². The average molecular weight is 318 g/mol. The Kier molecular flexibility index (Phi) is 5.55. The summed E-state index contributed by atoms with van der Waals surface area (Å²) in [5, 5.41) is 1.99. The van der Waals surface area contributed by atoms with Crippen molar-refractivity contribution in [2.24, 2.45) is 5.73 Å². The first-order valence-electron chi connectivity index (χ1n) is 6.93. The van der Waals surface area contributed by atoms with E-state index in [1.165, 1.54) is 0 Å². The highest BCUT2D eigenvalue weighted by Gasteiger charge is 2.15. The summed E-state index contributed by atoms with van der Waals surface area (Å²) in [6.45, 7) is 2.94. The minimum atomic E-state index is -0.551. The Bertz CT molecular complexity index is 641. The first kappa shape index (κ1) is 16.0. The smallest absolute Gasteiger partial charge is 0.255 e. The molecule has 0 atom stereocenters. The largest absolute Gasteiger partial charge is 0.484 e. The van der Waals surface area contributed by atoms with Crippen LogP contribution in [0.1, 0.15) is 22.2 Å². The lowest BCUT2D eigenvalue weighted by Crippen LogP contribution is -2.30. The van der Waals surface area contributed by atoms with Gasteiger partial charge in [0.2, 0.25) is 0 Å². The lowest BCUT2D eigenvalue weighted by atomic mass is 10.2. The van der Waals surface area contributed by atoms with Gasteiger partial charge in [0.25, 0.3) is 11.8 Å². The SMILES string of the molecule is CCN(Cc1cccs1)C(=O)c1cccc(OCC(N)=O)c1. The van der Waals surface area contributed by atoms with Crippen molar-refractivity contribution in [3.05, 3.63) is 52.2 Å². The van der Waals surface area contributed by atoms with Gasteiger partial charge in [-0.3, -0.25) is 9.59 Å². The molecule has 1 aromatic carbocycles. The third kappa shape index (κ3) is 4.33. The molecule has 116 valence electrons. The number of nitrogens with zero attached hydrogens (tertiary/aromatic N) is 1. The second kappa shape index (κ2) is 7.61. The fourth-order valence-electron chi connectivity index (χ4n) is 1.97. The molecule has 0 radical (unpaired) electrons. The number of carbonyl (C=O) groups excluding carboxylic acids is 2. The molecule has 1 heterocycles. The lowest BCUT2D eigenvalue weighted by molar-refractivity contribution is -0.119. The van der Waals surface area contributed by atoms with Crippen LogP contribution in [0.4, 0.5) is 0 Å². The molecule has 5 nitrogen and oxygen atoms in total. The second-order valence-electron chi connectivity index (χ2n) is 4.68. The van der Waals surface area contributed by atoms with E-state index in [1.54, 1.807) is 40.5 Å². The standard InChI is InChI=1S/C16H18N2O3S/c1-2-18(10-14-7-4-8-22-14)16(20)12-5-3-6-13(9-12)21-11-15(17)19/h3-9H,2,10-11H2,1H3,(H2,17,19). The third-order valence-electron chi connectivity index (χ3n) is 3.06. The minimum Gasteiger partial charge on any atom is -0.484 e. The van der Waals surface area contributed by atoms with Crippen molar-refractivity contribution in [1.29, 1.82) is 0 Å². The van der Waals surface area contributed by atoms with E-state index in [4.69, 9.17) is 10.5 Å². The molecule has 22 heavy (non-hydrogen) atoms. The number of primary amides is 1. The fourth-order valence-corrected chi connectivity index (χ4v) is 2.69. The Morgan fingerprint density at radius 3 is 2.73 bits per heavy atom. The molecular formula is C16H18N2O3S. The molecule has 0 saturated carbocycles. The molecule has 6 heteroatoms.